The number of aromatic nitrogens is 1. The van der Waals surface area contributed by atoms with Crippen molar-refractivity contribution in [2.45, 2.75) is 45.8 Å². The fourth-order valence-corrected chi connectivity index (χ4v) is 3.70. The predicted molar refractivity (Wildman–Crippen MR) is 133 cm³/mol. The Morgan fingerprint density at radius 1 is 1.00 bits per heavy atom. The summed E-state index contributed by atoms with van der Waals surface area (Å²) in [4.78, 5) is 28.6. The predicted octanol–water partition coefficient (Wildman–Crippen LogP) is 5.00. The third-order valence-electron chi connectivity index (χ3n) is 4.50. The molecule has 3 aromatic rings. The van der Waals surface area contributed by atoms with Crippen molar-refractivity contribution in [1.82, 2.24) is 10.3 Å². The van der Waals surface area contributed by atoms with Gasteiger partial charge in [0.15, 0.2) is 5.13 Å². The highest BCUT2D eigenvalue weighted by Crippen LogP contribution is 2.18. The average Bonchev–Trinajstić information content (AvgIpc) is 3.20. The number of nitrogens with one attached hydrogen (secondary N) is 3. The van der Waals surface area contributed by atoms with Gasteiger partial charge in [-0.2, -0.15) is 0 Å². The molecular formula is C25H30N4O3S. The average molecular weight is 467 g/mol. The van der Waals surface area contributed by atoms with Crippen molar-refractivity contribution in [3.8, 4) is 0 Å². The van der Waals surface area contributed by atoms with Crippen LogP contribution < -0.4 is 16.0 Å². The van der Waals surface area contributed by atoms with Crippen LogP contribution in [0, 0.1) is 0 Å². The topological polar surface area (TPSA) is 92.4 Å². The van der Waals surface area contributed by atoms with Crippen molar-refractivity contribution in [1.29, 1.82) is 0 Å². The summed E-state index contributed by atoms with van der Waals surface area (Å²) in [6, 6.07) is 17.7. The van der Waals surface area contributed by atoms with E-state index in [0.717, 1.165) is 22.1 Å². The van der Waals surface area contributed by atoms with Crippen LogP contribution in [0.25, 0.3) is 0 Å². The first-order valence-electron chi connectivity index (χ1n) is 10.8. The van der Waals surface area contributed by atoms with Crippen LogP contribution in [0.2, 0.25) is 0 Å². The van der Waals surface area contributed by atoms with Gasteiger partial charge in [0, 0.05) is 24.2 Å². The highest BCUT2D eigenvalue weighted by molar-refractivity contribution is 7.13. The zero-order valence-electron chi connectivity index (χ0n) is 19.2. The first kappa shape index (κ1) is 24.3. The van der Waals surface area contributed by atoms with Gasteiger partial charge in [-0.25, -0.2) is 9.78 Å². The molecule has 0 fully saturated rings. The molecule has 0 aliphatic carbocycles. The summed E-state index contributed by atoms with van der Waals surface area (Å²) in [7, 11) is 0. The molecule has 2 amide bonds. The van der Waals surface area contributed by atoms with E-state index in [0.29, 0.717) is 19.5 Å². The number of carbonyl (C=O) groups excluding carboxylic acids is 2. The molecule has 0 spiro atoms. The summed E-state index contributed by atoms with van der Waals surface area (Å²) in [6.07, 6.45) is 0.461. The minimum Gasteiger partial charge on any atom is -0.444 e. The minimum atomic E-state index is -0.511. The van der Waals surface area contributed by atoms with E-state index in [1.54, 1.807) is 0 Å². The van der Waals surface area contributed by atoms with Gasteiger partial charge in [0.25, 0.3) is 0 Å². The van der Waals surface area contributed by atoms with Gasteiger partial charge in [-0.15, -0.1) is 11.3 Å². The second-order valence-electron chi connectivity index (χ2n) is 8.58. The van der Waals surface area contributed by atoms with Crippen LogP contribution in [0.3, 0.4) is 0 Å². The molecule has 0 aliphatic heterocycles. The molecule has 0 saturated heterocycles. The summed E-state index contributed by atoms with van der Waals surface area (Å²) in [5.41, 5.74) is 3.18. The van der Waals surface area contributed by atoms with Crippen molar-refractivity contribution in [2.75, 3.05) is 17.2 Å². The summed E-state index contributed by atoms with van der Waals surface area (Å²) in [5.74, 6) is -0.116. The molecule has 2 aromatic carbocycles. The minimum absolute atomic E-state index is 0.116. The lowest BCUT2D eigenvalue weighted by Gasteiger charge is -2.19. The number of amides is 2. The van der Waals surface area contributed by atoms with Gasteiger partial charge in [0.1, 0.15) is 5.60 Å². The van der Waals surface area contributed by atoms with Crippen LogP contribution in [0.5, 0.6) is 0 Å². The Morgan fingerprint density at radius 3 is 2.42 bits per heavy atom. The van der Waals surface area contributed by atoms with E-state index in [2.05, 4.69) is 33.1 Å². The van der Waals surface area contributed by atoms with Crippen LogP contribution in [-0.2, 0) is 28.9 Å². The number of carbonyl (C=O) groups is 2. The smallest absolute Gasteiger partial charge is 0.407 e. The normalized spacial score (nSPS) is 11.0. The lowest BCUT2D eigenvalue weighted by molar-refractivity contribution is -0.115. The Labute approximate surface area is 198 Å². The van der Waals surface area contributed by atoms with Crippen molar-refractivity contribution in [3.63, 3.8) is 0 Å². The number of ether oxygens (including phenoxy) is 1. The number of anilines is 2. The summed E-state index contributed by atoms with van der Waals surface area (Å²) >= 11 is 1.49. The number of thiazole rings is 1. The Kier molecular flexibility index (Phi) is 8.43. The molecule has 0 radical (unpaired) electrons. The van der Waals surface area contributed by atoms with Crippen LogP contribution in [0.15, 0.2) is 60.0 Å². The third kappa shape index (κ3) is 8.94. The molecule has 0 aliphatic rings. The van der Waals surface area contributed by atoms with Gasteiger partial charge >= 0.3 is 6.09 Å². The van der Waals surface area contributed by atoms with Crippen molar-refractivity contribution in [2.24, 2.45) is 0 Å². The highest BCUT2D eigenvalue weighted by Gasteiger charge is 2.15. The SMILES string of the molecule is CC(C)(C)OC(=O)NCCc1ccc(NC(=O)Cc2csc(NCc3ccccc3)n2)cc1. The molecule has 0 bridgehead atoms. The van der Waals surface area contributed by atoms with Gasteiger partial charge in [0.2, 0.25) is 5.91 Å². The van der Waals surface area contributed by atoms with Gasteiger partial charge < -0.3 is 20.7 Å². The monoisotopic (exact) mass is 466 g/mol. The molecule has 1 aromatic heterocycles. The molecule has 7 nitrogen and oxygen atoms in total. The second kappa shape index (κ2) is 11.5. The molecule has 0 saturated carbocycles. The van der Waals surface area contributed by atoms with E-state index in [-0.39, 0.29) is 12.3 Å². The van der Waals surface area contributed by atoms with E-state index in [9.17, 15) is 9.59 Å². The number of nitrogens with zero attached hydrogens (tertiary/aromatic N) is 1. The largest absolute Gasteiger partial charge is 0.444 e. The molecule has 3 rings (SSSR count). The van der Waals surface area contributed by atoms with Crippen molar-refractivity contribution in [3.05, 3.63) is 76.8 Å². The summed E-state index contributed by atoms with van der Waals surface area (Å²) in [6.45, 7) is 6.66. The second-order valence-corrected chi connectivity index (χ2v) is 9.44. The van der Waals surface area contributed by atoms with Crippen molar-refractivity contribution >= 4 is 34.2 Å². The Bertz CT molecular complexity index is 1040. The van der Waals surface area contributed by atoms with E-state index in [4.69, 9.17) is 4.74 Å². The molecule has 33 heavy (non-hydrogen) atoms. The maximum atomic E-state index is 12.4. The van der Waals surface area contributed by atoms with Gasteiger partial charge in [0.05, 0.1) is 12.1 Å². The molecule has 8 heteroatoms. The first-order valence-corrected chi connectivity index (χ1v) is 11.7. The molecule has 174 valence electrons. The Morgan fingerprint density at radius 2 is 1.73 bits per heavy atom. The number of hydrogen-bond donors (Lipinski definition) is 3. The number of hydrogen-bond acceptors (Lipinski definition) is 6. The number of rotatable bonds is 9. The maximum absolute atomic E-state index is 12.4. The molecule has 0 atom stereocenters. The molecule has 3 N–H and O–H groups in total. The summed E-state index contributed by atoms with van der Waals surface area (Å²) < 4.78 is 5.22. The number of alkyl carbamates (subject to hydrolysis) is 1. The van der Waals surface area contributed by atoms with E-state index >= 15 is 0 Å². The van der Waals surface area contributed by atoms with E-state index in [1.165, 1.54) is 16.9 Å². The Balaban J connectivity index is 1.40. The third-order valence-corrected chi connectivity index (χ3v) is 5.35. The van der Waals surface area contributed by atoms with E-state index in [1.807, 2.05) is 68.6 Å². The fraction of sp³-hybridized carbons (Fsp3) is 0.320. The quantitative estimate of drug-likeness (QED) is 0.413. The van der Waals surface area contributed by atoms with Crippen LogP contribution in [0.4, 0.5) is 15.6 Å². The van der Waals surface area contributed by atoms with Gasteiger partial charge in [-0.3, -0.25) is 4.79 Å². The summed E-state index contributed by atoms with van der Waals surface area (Å²) in [5, 5.41) is 11.6. The molecular weight excluding hydrogens is 436 g/mol. The molecule has 1 heterocycles. The first-order chi connectivity index (χ1) is 15.8. The van der Waals surface area contributed by atoms with Gasteiger partial charge in [-0.1, -0.05) is 42.5 Å². The van der Waals surface area contributed by atoms with Crippen molar-refractivity contribution < 1.29 is 14.3 Å². The standard InChI is InChI=1S/C25H30N4O3S/c1-25(2,3)32-24(31)26-14-13-18-9-11-20(12-10-18)28-22(30)15-21-17-33-23(29-21)27-16-19-7-5-4-6-8-19/h4-12,17H,13-16H2,1-3H3,(H,26,31)(H,27,29)(H,28,30). The Hall–Kier alpha value is -3.39. The zero-order valence-corrected chi connectivity index (χ0v) is 20.0. The molecule has 0 unspecified atom stereocenters. The van der Waals surface area contributed by atoms with Crippen LogP contribution in [-0.4, -0.2) is 29.1 Å². The van der Waals surface area contributed by atoms with E-state index < -0.39 is 11.7 Å². The lowest BCUT2D eigenvalue weighted by Crippen LogP contribution is -2.33. The lowest BCUT2D eigenvalue weighted by atomic mass is 10.1. The highest BCUT2D eigenvalue weighted by atomic mass is 32.1. The van der Waals surface area contributed by atoms with Crippen LogP contribution >= 0.6 is 11.3 Å². The number of benzene rings is 2. The van der Waals surface area contributed by atoms with Crippen LogP contribution in [0.1, 0.15) is 37.6 Å². The maximum Gasteiger partial charge on any atom is 0.407 e. The van der Waals surface area contributed by atoms with Gasteiger partial charge in [-0.05, 0) is 50.5 Å². The fourth-order valence-electron chi connectivity index (χ4n) is 2.99. The zero-order chi connectivity index (χ0) is 23.7.